The van der Waals surface area contributed by atoms with Crippen LogP contribution in [0.5, 0.6) is 5.88 Å². The Morgan fingerprint density at radius 3 is 2.85 bits per heavy atom. The summed E-state index contributed by atoms with van der Waals surface area (Å²) in [4.78, 5) is 16.6. The Balaban J connectivity index is 1.82. The highest BCUT2D eigenvalue weighted by atomic mass is 35.5. The molecule has 1 unspecified atom stereocenters. The highest BCUT2D eigenvalue weighted by Crippen LogP contribution is 2.34. The number of hydrogen-bond acceptors (Lipinski definition) is 4. The molecule has 1 atom stereocenters. The van der Waals surface area contributed by atoms with Crippen LogP contribution in [0.15, 0.2) is 36.5 Å². The van der Waals surface area contributed by atoms with E-state index in [1.807, 2.05) is 0 Å². The maximum atomic E-state index is 12.9. The van der Waals surface area contributed by atoms with E-state index in [9.17, 15) is 18.0 Å². The molecule has 1 amide bonds. The number of aromatic nitrogens is 1. The molecule has 0 radical (unpaired) electrons. The van der Waals surface area contributed by atoms with E-state index in [1.165, 1.54) is 18.3 Å². The summed E-state index contributed by atoms with van der Waals surface area (Å²) in [6, 6.07) is 5.70. The Hall–Kier alpha value is -2.32. The summed E-state index contributed by atoms with van der Waals surface area (Å²) in [5.41, 5.74) is -0.971. The van der Waals surface area contributed by atoms with Crippen LogP contribution in [0, 0.1) is 0 Å². The van der Waals surface area contributed by atoms with Gasteiger partial charge in [0.1, 0.15) is 11.7 Å². The molecule has 3 rings (SSSR count). The standard InChI is InChI=1S/C17H14ClF3N2O3/c18-13-4-3-10(17(19,20)21)8-14(13)23-15(24)12-2-1-6-22-16(12)26-11-5-7-25-9-11/h1-4,6,8,11H,5,7,9H2,(H,23,24). The van der Waals surface area contributed by atoms with Crippen LogP contribution in [0.1, 0.15) is 22.3 Å². The van der Waals surface area contributed by atoms with E-state index in [-0.39, 0.29) is 28.3 Å². The van der Waals surface area contributed by atoms with Crippen molar-refractivity contribution in [3.8, 4) is 5.88 Å². The Kier molecular flexibility index (Phi) is 5.33. The number of halogens is 4. The van der Waals surface area contributed by atoms with Crippen molar-refractivity contribution in [1.29, 1.82) is 0 Å². The number of rotatable bonds is 4. The van der Waals surface area contributed by atoms with Gasteiger partial charge in [-0.1, -0.05) is 11.6 Å². The lowest BCUT2D eigenvalue weighted by atomic mass is 10.1. The average molecular weight is 387 g/mol. The van der Waals surface area contributed by atoms with Crippen LogP contribution in [-0.2, 0) is 10.9 Å². The second-order valence-electron chi connectivity index (χ2n) is 5.61. The molecule has 1 saturated heterocycles. The van der Waals surface area contributed by atoms with Crippen molar-refractivity contribution < 1.29 is 27.4 Å². The number of alkyl halides is 3. The molecule has 0 aliphatic carbocycles. The summed E-state index contributed by atoms with van der Waals surface area (Å²) in [7, 11) is 0. The first kappa shape index (κ1) is 18.5. The number of carbonyl (C=O) groups excluding carboxylic acids is 1. The van der Waals surface area contributed by atoms with Crippen LogP contribution in [0.25, 0.3) is 0 Å². The number of nitrogens with zero attached hydrogens (tertiary/aromatic N) is 1. The van der Waals surface area contributed by atoms with E-state index in [0.29, 0.717) is 19.6 Å². The van der Waals surface area contributed by atoms with Gasteiger partial charge in [-0.25, -0.2) is 4.98 Å². The molecule has 2 heterocycles. The smallest absolute Gasteiger partial charge is 0.416 e. The molecule has 1 N–H and O–H groups in total. The minimum absolute atomic E-state index is 0.0121. The number of benzene rings is 1. The van der Waals surface area contributed by atoms with Crippen LogP contribution >= 0.6 is 11.6 Å². The summed E-state index contributed by atoms with van der Waals surface area (Å²) >= 11 is 5.91. The van der Waals surface area contributed by atoms with Crippen molar-refractivity contribution in [2.45, 2.75) is 18.7 Å². The molecule has 0 saturated carbocycles. The van der Waals surface area contributed by atoms with Crippen molar-refractivity contribution in [2.75, 3.05) is 18.5 Å². The van der Waals surface area contributed by atoms with Gasteiger partial charge in [-0.2, -0.15) is 13.2 Å². The molecule has 26 heavy (non-hydrogen) atoms. The second-order valence-corrected chi connectivity index (χ2v) is 6.01. The van der Waals surface area contributed by atoms with Crippen LogP contribution in [0.2, 0.25) is 5.02 Å². The average Bonchev–Trinajstić information content (AvgIpc) is 3.09. The zero-order chi connectivity index (χ0) is 18.7. The molecule has 2 aromatic rings. The van der Waals surface area contributed by atoms with Gasteiger partial charge in [0.05, 0.1) is 29.5 Å². The molecular weight excluding hydrogens is 373 g/mol. The van der Waals surface area contributed by atoms with Crippen LogP contribution in [0.4, 0.5) is 18.9 Å². The number of hydrogen-bond donors (Lipinski definition) is 1. The summed E-state index contributed by atoms with van der Waals surface area (Å²) < 4.78 is 49.4. The van der Waals surface area contributed by atoms with Crippen molar-refractivity contribution in [3.05, 3.63) is 52.7 Å². The highest BCUT2D eigenvalue weighted by molar-refractivity contribution is 6.34. The van der Waals surface area contributed by atoms with E-state index in [0.717, 1.165) is 18.2 Å². The van der Waals surface area contributed by atoms with Gasteiger partial charge in [0, 0.05) is 12.6 Å². The van der Waals surface area contributed by atoms with Gasteiger partial charge in [0.25, 0.3) is 5.91 Å². The third-order valence-electron chi connectivity index (χ3n) is 3.72. The summed E-state index contributed by atoms with van der Waals surface area (Å²) in [5, 5.41) is 2.37. The van der Waals surface area contributed by atoms with E-state index >= 15 is 0 Å². The third-order valence-corrected chi connectivity index (χ3v) is 4.05. The first-order chi connectivity index (χ1) is 12.3. The van der Waals surface area contributed by atoms with E-state index in [1.54, 1.807) is 0 Å². The van der Waals surface area contributed by atoms with E-state index in [2.05, 4.69) is 10.3 Å². The Bertz CT molecular complexity index is 808. The van der Waals surface area contributed by atoms with Gasteiger partial charge in [0.15, 0.2) is 0 Å². The molecule has 1 aliphatic heterocycles. The molecular formula is C17H14ClF3N2O3. The first-order valence-corrected chi connectivity index (χ1v) is 8.10. The lowest BCUT2D eigenvalue weighted by Gasteiger charge is -2.15. The number of anilines is 1. The quantitative estimate of drug-likeness (QED) is 0.856. The molecule has 9 heteroatoms. The molecule has 1 aromatic carbocycles. The Morgan fingerprint density at radius 1 is 1.35 bits per heavy atom. The zero-order valence-corrected chi connectivity index (χ0v) is 14.1. The van der Waals surface area contributed by atoms with Gasteiger partial charge < -0.3 is 14.8 Å². The van der Waals surface area contributed by atoms with Crippen molar-refractivity contribution in [2.24, 2.45) is 0 Å². The monoisotopic (exact) mass is 386 g/mol. The summed E-state index contributed by atoms with van der Waals surface area (Å²) in [6.07, 6.45) is -2.65. The number of ether oxygens (including phenoxy) is 2. The fourth-order valence-electron chi connectivity index (χ4n) is 2.41. The fraction of sp³-hybridized carbons (Fsp3) is 0.294. The van der Waals surface area contributed by atoms with Crippen molar-refractivity contribution in [3.63, 3.8) is 0 Å². The zero-order valence-electron chi connectivity index (χ0n) is 13.3. The van der Waals surface area contributed by atoms with Crippen LogP contribution in [-0.4, -0.2) is 30.2 Å². The maximum absolute atomic E-state index is 12.9. The van der Waals surface area contributed by atoms with Crippen molar-refractivity contribution in [1.82, 2.24) is 4.98 Å². The topological polar surface area (TPSA) is 60.5 Å². The SMILES string of the molecule is O=C(Nc1cc(C(F)(F)F)ccc1Cl)c1cccnc1OC1CCOC1. The van der Waals surface area contributed by atoms with Gasteiger partial charge in [0.2, 0.25) is 5.88 Å². The number of carbonyl (C=O) groups is 1. The predicted octanol–water partition coefficient (Wildman–Crippen LogP) is 4.17. The minimum Gasteiger partial charge on any atom is -0.471 e. The predicted molar refractivity (Wildman–Crippen MR) is 88.5 cm³/mol. The second kappa shape index (κ2) is 7.51. The first-order valence-electron chi connectivity index (χ1n) is 7.72. The molecule has 1 aromatic heterocycles. The molecule has 5 nitrogen and oxygen atoms in total. The van der Waals surface area contributed by atoms with Crippen LogP contribution < -0.4 is 10.1 Å². The number of amides is 1. The maximum Gasteiger partial charge on any atom is 0.416 e. The normalized spacial score (nSPS) is 17.2. The van der Waals surface area contributed by atoms with E-state index in [4.69, 9.17) is 21.1 Å². The van der Waals surface area contributed by atoms with Gasteiger partial charge >= 0.3 is 6.18 Å². The van der Waals surface area contributed by atoms with Crippen LogP contribution in [0.3, 0.4) is 0 Å². The molecule has 138 valence electrons. The molecule has 1 aliphatic rings. The molecule has 0 spiro atoms. The molecule has 1 fully saturated rings. The Labute approximate surface area is 152 Å². The van der Waals surface area contributed by atoms with Crippen molar-refractivity contribution >= 4 is 23.2 Å². The summed E-state index contributed by atoms with van der Waals surface area (Å²) in [6.45, 7) is 0.940. The fourth-order valence-corrected chi connectivity index (χ4v) is 2.57. The molecule has 0 bridgehead atoms. The summed E-state index contributed by atoms with van der Waals surface area (Å²) in [5.74, 6) is -0.586. The van der Waals surface area contributed by atoms with Gasteiger partial charge in [-0.05, 0) is 30.3 Å². The van der Waals surface area contributed by atoms with Gasteiger partial charge in [-0.3, -0.25) is 4.79 Å². The lowest BCUT2D eigenvalue weighted by Crippen LogP contribution is -2.20. The minimum atomic E-state index is -4.55. The number of pyridine rings is 1. The Morgan fingerprint density at radius 2 is 2.15 bits per heavy atom. The van der Waals surface area contributed by atoms with E-state index < -0.39 is 17.6 Å². The lowest BCUT2D eigenvalue weighted by molar-refractivity contribution is -0.137. The van der Waals surface area contributed by atoms with Gasteiger partial charge in [-0.15, -0.1) is 0 Å². The largest absolute Gasteiger partial charge is 0.471 e. The highest BCUT2D eigenvalue weighted by Gasteiger charge is 2.31. The number of nitrogens with one attached hydrogen (secondary N) is 1. The third kappa shape index (κ3) is 4.25.